The van der Waals surface area contributed by atoms with Crippen molar-refractivity contribution < 1.29 is 17.9 Å². The Hall–Kier alpha value is -1.57. The van der Waals surface area contributed by atoms with Crippen LogP contribution in [0.4, 0.5) is 0 Å². The fourth-order valence-electron chi connectivity index (χ4n) is 2.62. The molecule has 3 rings (SSSR count). The third-order valence-electron chi connectivity index (χ3n) is 3.76. The molecule has 0 saturated carbocycles. The third kappa shape index (κ3) is 3.58. The van der Waals surface area contributed by atoms with E-state index in [0.717, 1.165) is 11.3 Å². The number of fused-ring (bicyclic) bond motifs is 1. The zero-order valence-corrected chi connectivity index (χ0v) is 15.4. The lowest BCUT2D eigenvalue weighted by Crippen LogP contribution is -2.43. The summed E-state index contributed by atoms with van der Waals surface area (Å²) in [6, 6.07) is 10.9. The molecule has 2 aromatic rings. The maximum absolute atomic E-state index is 12.9. The lowest BCUT2D eigenvalue weighted by atomic mass is 10.2. The monoisotopic (exact) mass is 367 g/mol. The molecule has 0 N–H and O–H groups in total. The Labute approximate surface area is 146 Å². The summed E-state index contributed by atoms with van der Waals surface area (Å²) in [5.74, 6) is 1.36. The van der Waals surface area contributed by atoms with Crippen LogP contribution in [0.5, 0.6) is 11.5 Å². The van der Waals surface area contributed by atoms with Crippen molar-refractivity contribution in [1.29, 1.82) is 0 Å². The molecule has 0 spiro atoms. The highest BCUT2D eigenvalue weighted by Gasteiger charge is 2.30. The maximum Gasteiger partial charge on any atom is 0.252 e. The van der Waals surface area contributed by atoms with E-state index < -0.39 is 10.0 Å². The first kappa shape index (κ1) is 17.3. The lowest BCUT2D eigenvalue weighted by Gasteiger charge is -2.30. The van der Waals surface area contributed by atoms with Crippen molar-refractivity contribution >= 4 is 21.4 Å². The van der Waals surface area contributed by atoms with Crippen molar-refractivity contribution in [3.8, 4) is 11.5 Å². The third-order valence-corrected chi connectivity index (χ3v) is 7.09. The standard InChI is InChI=1S/C17H21NO4S2/c1-3-10-18(24(19,20)17-9-8-13(2)23-17)11-14-12-21-15-6-4-5-7-16(15)22-14/h4-9,14H,3,10-12H2,1-2H3. The van der Waals surface area contributed by atoms with Crippen LogP contribution in [0.1, 0.15) is 18.2 Å². The van der Waals surface area contributed by atoms with Crippen LogP contribution in [-0.2, 0) is 10.0 Å². The van der Waals surface area contributed by atoms with Gasteiger partial charge < -0.3 is 9.47 Å². The van der Waals surface area contributed by atoms with E-state index in [1.54, 1.807) is 6.07 Å². The first-order chi connectivity index (χ1) is 11.5. The molecule has 0 saturated heterocycles. The molecule has 5 nitrogen and oxygen atoms in total. The molecule has 130 valence electrons. The molecule has 0 amide bonds. The summed E-state index contributed by atoms with van der Waals surface area (Å²) in [6.07, 6.45) is 0.426. The molecule has 1 aliphatic heterocycles. The fraction of sp³-hybridized carbons (Fsp3) is 0.412. The Morgan fingerprint density at radius 2 is 1.96 bits per heavy atom. The maximum atomic E-state index is 12.9. The zero-order chi connectivity index (χ0) is 17.2. The van der Waals surface area contributed by atoms with Crippen LogP contribution in [0.15, 0.2) is 40.6 Å². The number of thiophene rings is 1. The van der Waals surface area contributed by atoms with Crippen LogP contribution < -0.4 is 9.47 Å². The second kappa shape index (κ2) is 7.13. The van der Waals surface area contributed by atoms with E-state index >= 15 is 0 Å². The molecule has 1 aromatic heterocycles. The molecular weight excluding hydrogens is 346 g/mol. The quantitative estimate of drug-likeness (QED) is 0.786. The molecule has 2 heterocycles. The van der Waals surface area contributed by atoms with Crippen LogP contribution in [0.2, 0.25) is 0 Å². The molecule has 0 bridgehead atoms. The summed E-state index contributed by atoms with van der Waals surface area (Å²) in [5, 5.41) is 0. The predicted octanol–water partition coefficient (Wildman–Crippen LogP) is 3.30. The number of nitrogens with zero attached hydrogens (tertiary/aromatic N) is 1. The summed E-state index contributed by atoms with van der Waals surface area (Å²) >= 11 is 1.30. The minimum absolute atomic E-state index is 0.279. The minimum atomic E-state index is -3.50. The molecule has 1 aliphatic rings. The van der Waals surface area contributed by atoms with Gasteiger partial charge in [0, 0.05) is 11.4 Å². The average Bonchev–Trinajstić information content (AvgIpc) is 3.01. The number of ether oxygens (including phenoxy) is 2. The number of para-hydroxylation sites is 2. The van der Waals surface area contributed by atoms with Crippen molar-refractivity contribution in [2.45, 2.75) is 30.6 Å². The second-order valence-corrected chi connectivity index (χ2v) is 9.18. The number of sulfonamides is 1. The Bertz CT molecular complexity index is 800. The zero-order valence-electron chi connectivity index (χ0n) is 13.8. The van der Waals surface area contributed by atoms with E-state index in [4.69, 9.17) is 9.47 Å². The van der Waals surface area contributed by atoms with Crippen molar-refractivity contribution in [3.63, 3.8) is 0 Å². The van der Waals surface area contributed by atoms with Crippen molar-refractivity contribution in [2.24, 2.45) is 0 Å². The van der Waals surface area contributed by atoms with Crippen LogP contribution in [0.25, 0.3) is 0 Å². The van der Waals surface area contributed by atoms with Gasteiger partial charge in [-0.05, 0) is 37.6 Å². The molecule has 1 atom stereocenters. The number of aryl methyl sites for hydroxylation is 1. The first-order valence-corrected chi connectivity index (χ1v) is 10.2. The fourth-order valence-corrected chi connectivity index (χ4v) is 5.62. The van der Waals surface area contributed by atoms with Gasteiger partial charge in [0.2, 0.25) is 0 Å². The number of hydrogen-bond donors (Lipinski definition) is 0. The summed E-state index contributed by atoms with van der Waals surface area (Å²) in [5.41, 5.74) is 0. The normalized spacial score (nSPS) is 17.2. The minimum Gasteiger partial charge on any atom is -0.486 e. The van der Waals surface area contributed by atoms with Gasteiger partial charge >= 0.3 is 0 Å². The first-order valence-electron chi connectivity index (χ1n) is 7.95. The Kier molecular flexibility index (Phi) is 5.12. The average molecular weight is 367 g/mol. The Morgan fingerprint density at radius 1 is 1.21 bits per heavy atom. The molecule has 7 heteroatoms. The van der Waals surface area contributed by atoms with Gasteiger partial charge in [0.25, 0.3) is 10.0 Å². The second-order valence-electron chi connectivity index (χ2n) is 5.73. The van der Waals surface area contributed by atoms with Gasteiger partial charge in [-0.3, -0.25) is 0 Å². The van der Waals surface area contributed by atoms with E-state index in [-0.39, 0.29) is 12.6 Å². The smallest absolute Gasteiger partial charge is 0.252 e. The van der Waals surface area contributed by atoms with E-state index in [1.807, 2.05) is 44.2 Å². The summed E-state index contributed by atoms with van der Waals surface area (Å²) in [6.45, 7) is 4.96. The molecule has 1 unspecified atom stereocenters. The van der Waals surface area contributed by atoms with Gasteiger partial charge in [-0.1, -0.05) is 19.1 Å². The highest BCUT2D eigenvalue weighted by atomic mass is 32.2. The molecule has 1 aromatic carbocycles. The largest absolute Gasteiger partial charge is 0.486 e. The van der Waals surface area contributed by atoms with Crippen LogP contribution >= 0.6 is 11.3 Å². The van der Waals surface area contributed by atoms with Crippen LogP contribution in [-0.4, -0.2) is 38.5 Å². The number of benzene rings is 1. The van der Waals surface area contributed by atoms with Crippen molar-refractivity contribution in [2.75, 3.05) is 19.7 Å². The summed E-state index contributed by atoms with van der Waals surface area (Å²) < 4.78 is 39.3. The highest BCUT2D eigenvalue weighted by molar-refractivity contribution is 7.91. The SMILES string of the molecule is CCCN(CC1COc2ccccc2O1)S(=O)(=O)c1ccc(C)s1. The van der Waals surface area contributed by atoms with Crippen molar-refractivity contribution in [3.05, 3.63) is 41.3 Å². The van der Waals surface area contributed by atoms with Gasteiger partial charge in [0.15, 0.2) is 11.5 Å². The van der Waals surface area contributed by atoms with Gasteiger partial charge in [-0.25, -0.2) is 8.42 Å². The van der Waals surface area contributed by atoms with Gasteiger partial charge in [0.1, 0.15) is 16.9 Å². The van der Waals surface area contributed by atoms with Crippen LogP contribution in [0.3, 0.4) is 0 Å². The summed E-state index contributed by atoms with van der Waals surface area (Å²) in [4.78, 5) is 0.983. The van der Waals surface area contributed by atoms with E-state index in [0.29, 0.717) is 28.9 Å². The number of hydrogen-bond acceptors (Lipinski definition) is 5. The Morgan fingerprint density at radius 3 is 2.62 bits per heavy atom. The molecule has 0 aliphatic carbocycles. The topological polar surface area (TPSA) is 55.8 Å². The van der Waals surface area contributed by atoms with E-state index in [2.05, 4.69) is 0 Å². The van der Waals surface area contributed by atoms with Crippen LogP contribution in [0, 0.1) is 6.92 Å². The highest BCUT2D eigenvalue weighted by Crippen LogP contribution is 2.32. The predicted molar refractivity (Wildman–Crippen MR) is 94.5 cm³/mol. The van der Waals surface area contributed by atoms with Crippen molar-refractivity contribution in [1.82, 2.24) is 4.31 Å². The Balaban J connectivity index is 1.78. The van der Waals surface area contributed by atoms with Gasteiger partial charge in [-0.15, -0.1) is 11.3 Å². The molecular formula is C17H21NO4S2. The van der Waals surface area contributed by atoms with E-state index in [1.165, 1.54) is 15.6 Å². The van der Waals surface area contributed by atoms with Gasteiger partial charge in [0.05, 0.1) is 6.54 Å². The molecule has 24 heavy (non-hydrogen) atoms. The van der Waals surface area contributed by atoms with E-state index in [9.17, 15) is 8.42 Å². The molecule has 0 fully saturated rings. The lowest BCUT2D eigenvalue weighted by molar-refractivity contribution is 0.0764. The molecule has 0 radical (unpaired) electrons. The number of rotatable bonds is 6. The van der Waals surface area contributed by atoms with Gasteiger partial charge in [-0.2, -0.15) is 4.31 Å². The summed E-state index contributed by atoms with van der Waals surface area (Å²) in [7, 11) is -3.50.